The van der Waals surface area contributed by atoms with Crippen LogP contribution in [0.5, 0.6) is 0 Å². The first-order valence-electron chi connectivity index (χ1n) is 5.51. The molecule has 1 rings (SSSR count). The zero-order chi connectivity index (χ0) is 10.0. The second-order valence-electron chi connectivity index (χ2n) is 4.81. The molecule has 2 heteroatoms. The van der Waals surface area contributed by atoms with Crippen molar-refractivity contribution >= 4 is 0 Å². The van der Waals surface area contributed by atoms with Crippen LogP contribution in [0.2, 0.25) is 0 Å². The quantitative estimate of drug-likeness (QED) is 0.725. The lowest BCUT2D eigenvalue weighted by molar-refractivity contribution is 0.140. The highest BCUT2D eigenvalue weighted by molar-refractivity contribution is 4.89. The first kappa shape index (κ1) is 11.0. The van der Waals surface area contributed by atoms with E-state index in [1.807, 2.05) is 0 Å². The van der Waals surface area contributed by atoms with Crippen molar-refractivity contribution in [1.82, 2.24) is 4.90 Å². The summed E-state index contributed by atoms with van der Waals surface area (Å²) in [6.07, 6.45) is 3.80. The third-order valence-electron chi connectivity index (χ3n) is 3.66. The van der Waals surface area contributed by atoms with E-state index in [4.69, 9.17) is 5.73 Å². The van der Waals surface area contributed by atoms with Gasteiger partial charge in [-0.05, 0) is 32.7 Å². The summed E-state index contributed by atoms with van der Waals surface area (Å²) in [4.78, 5) is 2.47. The number of nitrogens with zero attached hydrogens (tertiary/aromatic N) is 1. The third kappa shape index (κ3) is 2.44. The maximum atomic E-state index is 6.08. The minimum atomic E-state index is 0.409. The molecule has 3 unspecified atom stereocenters. The van der Waals surface area contributed by atoms with E-state index in [9.17, 15) is 0 Å². The predicted octanol–water partition coefficient (Wildman–Crippen LogP) is 1.84. The van der Waals surface area contributed by atoms with Crippen molar-refractivity contribution in [3.8, 4) is 0 Å². The molecule has 13 heavy (non-hydrogen) atoms. The molecule has 0 spiro atoms. The van der Waals surface area contributed by atoms with Gasteiger partial charge in [-0.25, -0.2) is 0 Å². The van der Waals surface area contributed by atoms with Crippen molar-refractivity contribution < 1.29 is 0 Å². The van der Waals surface area contributed by atoms with Crippen LogP contribution in [-0.4, -0.2) is 30.1 Å². The molecule has 78 valence electrons. The van der Waals surface area contributed by atoms with Crippen LogP contribution in [0, 0.1) is 5.92 Å². The van der Waals surface area contributed by atoms with Gasteiger partial charge in [0.1, 0.15) is 0 Å². The molecule has 3 atom stereocenters. The van der Waals surface area contributed by atoms with Gasteiger partial charge in [0.05, 0.1) is 0 Å². The van der Waals surface area contributed by atoms with E-state index in [0.29, 0.717) is 18.1 Å². The molecule has 2 N–H and O–H groups in total. The lowest BCUT2D eigenvalue weighted by atomic mass is 10.0. The third-order valence-corrected chi connectivity index (χ3v) is 3.66. The maximum absolute atomic E-state index is 6.08. The van der Waals surface area contributed by atoms with Gasteiger partial charge in [0.15, 0.2) is 0 Å². The summed E-state index contributed by atoms with van der Waals surface area (Å²) >= 11 is 0. The Labute approximate surface area is 82.5 Å². The van der Waals surface area contributed by atoms with Crippen LogP contribution in [0.1, 0.15) is 40.0 Å². The van der Waals surface area contributed by atoms with Gasteiger partial charge in [-0.15, -0.1) is 0 Å². The summed E-state index contributed by atoms with van der Waals surface area (Å²) < 4.78 is 0. The van der Waals surface area contributed by atoms with E-state index in [2.05, 4.69) is 32.7 Å². The highest BCUT2D eigenvalue weighted by atomic mass is 15.2. The van der Waals surface area contributed by atoms with Gasteiger partial charge in [-0.2, -0.15) is 0 Å². The van der Waals surface area contributed by atoms with Crippen molar-refractivity contribution in [3.05, 3.63) is 0 Å². The van der Waals surface area contributed by atoms with Crippen LogP contribution in [0.25, 0.3) is 0 Å². The number of likely N-dealkylation sites (N-methyl/N-ethyl adjacent to an activating group) is 1. The van der Waals surface area contributed by atoms with Gasteiger partial charge >= 0.3 is 0 Å². The van der Waals surface area contributed by atoms with Crippen LogP contribution in [0.15, 0.2) is 0 Å². The number of nitrogens with two attached hydrogens (primary N) is 1. The summed E-state index contributed by atoms with van der Waals surface area (Å²) in [5, 5.41) is 0. The summed E-state index contributed by atoms with van der Waals surface area (Å²) in [6, 6.07) is 1.68. The van der Waals surface area contributed by atoms with E-state index in [0.717, 1.165) is 5.92 Å². The van der Waals surface area contributed by atoms with Crippen LogP contribution in [0.4, 0.5) is 0 Å². The van der Waals surface area contributed by atoms with Gasteiger partial charge in [0.2, 0.25) is 0 Å². The Kier molecular flexibility index (Phi) is 3.74. The van der Waals surface area contributed by atoms with E-state index < -0.39 is 0 Å². The molecular formula is C11H24N2. The minimum absolute atomic E-state index is 0.409. The van der Waals surface area contributed by atoms with Crippen molar-refractivity contribution in [2.75, 3.05) is 7.05 Å². The van der Waals surface area contributed by atoms with Crippen molar-refractivity contribution in [1.29, 1.82) is 0 Å². The Morgan fingerprint density at radius 1 is 1.23 bits per heavy atom. The number of hydrogen-bond acceptors (Lipinski definition) is 2. The zero-order valence-electron chi connectivity index (χ0n) is 9.46. The molecule has 0 aromatic heterocycles. The lowest BCUT2D eigenvalue weighted by Gasteiger charge is -2.35. The van der Waals surface area contributed by atoms with Crippen LogP contribution in [-0.2, 0) is 0 Å². The van der Waals surface area contributed by atoms with Crippen molar-refractivity contribution in [2.24, 2.45) is 11.7 Å². The molecule has 1 fully saturated rings. The zero-order valence-corrected chi connectivity index (χ0v) is 9.46. The maximum Gasteiger partial charge on any atom is 0.0247 e. The first-order valence-corrected chi connectivity index (χ1v) is 5.51. The molecule has 1 aliphatic rings. The van der Waals surface area contributed by atoms with Crippen molar-refractivity contribution in [2.45, 2.75) is 58.2 Å². The van der Waals surface area contributed by atoms with E-state index in [-0.39, 0.29) is 0 Å². The van der Waals surface area contributed by atoms with Gasteiger partial charge in [0.25, 0.3) is 0 Å². The first-order chi connectivity index (χ1) is 6.04. The van der Waals surface area contributed by atoms with E-state index in [1.54, 1.807) is 0 Å². The topological polar surface area (TPSA) is 29.3 Å². The molecule has 0 saturated heterocycles. The summed E-state index contributed by atoms with van der Waals surface area (Å²) in [6.45, 7) is 6.86. The Balaban J connectivity index is 2.50. The molecule has 0 bridgehead atoms. The second kappa shape index (κ2) is 4.43. The van der Waals surface area contributed by atoms with Crippen LogP contribution < -0.4 is 5.73 Å². The smallest absolute Gasteiger partial charge is 0.0247 e. The summed E-state index contributed by atoms with van der Waals surface area (Å²) in [5.74, 6) is 0.720. The molecule has 2 nitrogen and oxygen atoms in total. The number of rotatable bonds is 3. The molecule has 0 aromatic rings. The lowest BCUT2D eigenvalue weighted by Crippen LogP contribution is -2.47. The Hall–Kier alpha value is -0.0800. The Morgan fingerprint density at radius 3 is 2.23 bits per heavy atom. The van der Waals surface area contributed by atoms with Crippen molar-refractivity contribution in [3.63, 3.8) is 0 Å². The molecular weight excluding hydrogens is 160 g/mol. The highest BCUT2D eigenvalue weighted by Gasteiger charge is 2.30. The monoisotopic (exact) mass is 184 g/mol. The molecule has 0 aromatic carbocycles. The average molecular weight is 184 g/mol. The normalized spacial score (nSPS) is 31.6. The minimum Gasteiger partial charge on any atom is -0.326 e. The molecule has 1 aliphatic carbocycles. The van der Waals surface area contributed by atoms with E-state index >= 15 is 0 Å². The summed E-state index contributed by atoms with van der Waals surface area (Å²) in [5.41, 5.74) is 6.08. The van der Waals surface area contributed by atoms with Gasteiger partial charge in [-0.1, -0.05) is 20.3 Å². The van der Waals surface area contributed by atoms with Gasteiger partial charge < -0.3 is 5.73 Å². The van der Waals surface area contributed by atoms with E-state index in [1.165, 1.54) is 19.3 Å². The molecule has 0 heterocycles. The van der Waals surface area contributed by atoms with Crippen LogP contribution >= 0.6 is 0 Å². The molecule has 0 aliphatic heterocycles. The standard InChI is InChI=1S/C11H24N2/c1-8(2)9(3)13(4)11-7-5-6-10(11)12/h8-11H,5-7,12H2,1-4H3. The number of hydrogen-bond donors (Lipinski definition) is 1. The fourth-order valence-electron chi connectivity index (χ4n) is 2.25. The molecule has 0 radical (unpaired) electrons. The van der Waals surface area contributed by atoms with Gasteiger partial charge in [-0.3, -0.25) is 4.90 Å². The van der Waals surface area contributed by atoms with Crippen LogP contribution in [0.3, 0.4) is 0 Å². The SMILES string of the molecule is CC(C)C(C)N(C)C1CCCC1N. The average Bonchev–Trinajstić information content (AvgIpc) is 2.48. The fraction of sp³-hybridized carbons (Fsp3) is 1.00. The fourth-order valence-corrected chi connectivity index (χ4v) is 2.25. The highest BCUT2D eigenvalue weighted by Crippen LogP contribution is 2.24. The molecule has 1 saturated carbocycles. The Bertz CT molecular complexity index is 156. The Morgan fingerprint density at radius 2 is 1.85 bits per heavy atom. The summed E-state index contributed by atoms with van der Waals surface area (Å²) in [7, 11) is 2.22. The second-order valence-corrected chi connectivity index (χ2v) is 4.81. The predicted molar refractivity (Wildman–Crippen MR) is 57.7 cm³/mol. The largest absolute Gasteiger partial charge is 0.326 e. The molecule has 0 amide bonds. The van der Waals surface area contributed by atoms with Gasteiger partial charge in [0, 0.05) is 18.1 Å².